The van der Waals surface area contributed by atoms with E-state index in [1.807, 2.05) is 0 Å². The maximum absolute atomic E-state index is 10.8. The molecule has 0 atom stereocenters. The summed E-state index contributed by atoms with van der Waals surface area (Å²) in [7, 11) is 0. The van der Waals surface area contributed by atoms with E-state index in [4.69, 9.17) is 5.11 Å². The normalized spacial score (nSPS) is 10.7. The van der Waals surface area contributed by atoms with Gasteiger partial charge >= 0.3 is 5.97 Å². The molecular weight excluding hydrogens is 266 g/mol. The summed E-state index contributed by atoms with van der Waals surface area (Å²) < 4.78 is 1.57. The average molecular weight is 273 g/mol. The van der Waals surface area contributed by atoms with Crippen LogP contribution in [0.15, 0.2) is 46.6 Å². The molecule has 94 valence electrons. The second-order valence-electron chi connectivity index (χ2n) is 3.63. The summed E-state index contributed by atoms with van der Waals surface area (Å²) in [6.45, 7) is 0. The van der Waals surface area contributed by atoms with Gasteiger partial charge in [0.2, 0.25) is 0 Å². The Bertz CT molecular complexity index is 740. The fourth-order valence-corrected chi connectivity index (χ4v) is 2.35. The molecule has 0 saturated carbocycles. The smallest absolute Gasteiger partial charge is 0.335 e. The summed E-state index contributed by atoms with van der Waals surface area (Å²) in [5.74, 6) is -0.944. The molecule has 0 saturated heterocycles. The molecule has 1 N–H and O–H groups in total. The van der Waals surface area contributed by atoms with Crippen LogP contribution >= 0.6 is 11.8 Å². The van der Waals surface area contributed by atoms with Gasteiger partial charge in [0, 0.05) is 4.90 Å². The Morgan fingerprint density at radius 2 is 2.00 bits per heavy atom. The molecule has 0 fully saturated rings. The second kappa shape index (κ2) is 4.65. The van der Waals surface area contributed by atoms with Crippen molar-refractivity contribution in [1.29, 1.82) is 0 Å². The van der Waals surface area contributed by atoms with E-state index in [1.165, 1.54) is 11.8 Å². The van der Waals surface area contributed by atoms with Crippen molar-refractivity contribution in [2.75, 3.05) is 0 Å². The largest absolute Gasteiger partial charge is 0.478 e. The van der Waals surface area contributed by atoms with E-state index >= 15 is 0 Å². The maximum Gasteiger partial charge on any atom is 0.335 e. The van der Waals surface area contributed by atoms with E-state index in [9.17, 15) is 4.79 Å². The van der Waals surface area contributed by atoms with Crippen molar-refractivity contribution < 1.29 is 9.90 Å². The summed E-state index contributed by atoms with van der Waals surface area (Å²) in [6, 6.07) is 6.57. The predicted octanol–water partition coefficient (Wildman–Crippen LogP) is 1.37. The highest BCUT2D eigenvalue weighted by molar-refractivity contribution is 7.99. The minimum Gasteiger partial charge on any atom is -0.478 e. The van der Waals surface area contributed by atoms with Gasteiger partial charge < -0.3 is 5.11 Å². The molecule has 0 aliphatic rings. The number of rotatable bonds is 3. The quantitative estimate of drug-likeness (QED) is 0.770. The number of benzene rings is 1. The summed E-state index contributed by atoms with van der Waals surface area (Å²) in [6.07, 6.45) is 3.22. The molecule has 19 heavy (non-hydrogen) atoms. The first-order valence-corrected chi connectivity index (χ1v) is 6.09. The van der Waals surface area contributed by atoms with Crippen LogP contribution in [0.1, 0.15) is 10.4 Å². The minimum atomic E-state index is -0.944. The highest BCUT2D eigenvalue weighted by atomic mass is 32.2. The number of carbonyl (C=O) groups is 1. The zero-order valence-corrected chi connectivity index (χ0v) is 10.3. The summed E-state index contributed by atoms with van der Waals surface area (Å²) >= 11 is 1.41. The standard InChI is InChI=1S/C11H7N5O2S/c17-11(18)7-1-3-8(4-2-7)19-10-6-12-5-9-13-14-15-16(9)10/h1-6H,(H,17,18). The fourth-order valence-electron chi connectivity index (χ4n) is 1.51. The highest BCUT2D eigenvalue weighted by Crippen LogP contribution is 2.26. The number of tetrazole rings is 1. The van der Waals surface area contributed by atoms with E-state index < -0.39 is 5.97 Å². The zero-order chi connectivity index (χ0) is 13.2. The fraction of sp³-hybridized carbons (Fsp3) is 0. The van der Waals surface area contributed by atoms with Crippen LogP contribution in [0.3, 0.4) is 0 Å². The van der Waals surface area contributed by atoms with Crippen LogP contribution in [0.25, 0.3) is 5.65 Å². The molecule has 0 aliphatic carbocycles. The number of hydrogen-bond donors (Lipinski definition) is 1. The molecule has 1 aromatic carbocycles. The number of nitrogens with zero attached hydrogens (tertiary/aromatic N) is 5. The molecule has 2 heterocycles. The number of aromatic nitrogens is 5. The first kappa shape index (κ1) is 11.6. The van der Waals surface area contributed by atoms with Crippen LogP contribution in [0.4, 0.5) is 0 Å². The average Bonchev–Trinajstić information content (AvgIpc) is 2.89. The molecule has 7 nitrogen and oxygen atoms in total. The summed E-state index contributed by atoms with van der Waals surface area (Å²) in [5.41, 5.74) is 0.815. The van der Waals surface area contributed by atoms with Crippen molar-refractivity contribution in [1.82, 2.24) is 25.0 Å². The van der Waals surface area contributed by atoms with Gasteiger partial charge in [0.15, 0.2) is 5.65 Å². The van der Waals surface area contributed by atoms with Gasteiger partial charge in [-0.25, -0.2) is 4.79 Å². The van der Waals surface area contributed by atoms with Gasteiger partial charge in [-0.05, 0) is 34.7 Å². The summed E-state index contributed by atoms with van der Waals surface area (Å²) in [5, 5.41) is 20.8. The van der Waals surface area contributed by atoms with E-state index in [0.29, 0.717) is 5.65 Å². The maximum atomic E-state index is 10.8. The number of carboxylic acid groups (broad SMARTS) is 1. The van der Waals surface area contributed by atoms with Gasteiger partial charge in [-0.1, -0.05) is 11.8 Å². The first-order valence-electron chi connectivity index (χ1n) is 5.27. The van der Waals surface area contributed by atoms with Gasteiger partial charge in [-0.3, -0.25) is 4.98 Å². The number of hydrogen-bond acceptors (Lipinski definition) is 6. The third-order valence-electron chi connectivity index (χ3n) is 2.40. The van der Waals surface area contributed by atoms with Crippen molar-refractivity contribution in [2.45, 2.75) is 9.92 Å². The Morgan fingerprint density at radius 1 is 1.21 bits per heavy atom. The van der Waals surface area contributed by atoms with E-state index in [0.717, 1.165) is 9.92 Å². The molecule has 0 aliphatic heterocycles. The Balaban J connectivity index is 1.92. The van der Waals surface area contributed by atoms with Crippen LogP contribution in [0, 0.1) is 0 Å². The molecule has 2 aromatic heterocycles. The van der Waals surface area contributed by atoms with E-state index in [2.05, 4.69) is 20.5 Å². The lowest BCUT2D eigenvalue weighted by Gasteiger charge is -2.02. The molecular formula is C11H7N5O2S. The third-order valence-corrected chi connectivity index (χ3v) is 3.40. The van der Waals surface area contributed by atoms with Crippen LogP contribution < -0.4 is 0 Å². The Hall–Kier alpha value is -2.48. The first-order chi connectivity index (χ1) is 9.24. The van der Waals surface area contributed by atoms with Crippen LogP contribution in [-0.2, 0) is 0 Å². The van der Waals surface area contributed by atoms with Gasteiger partial charge in [-0.2, -0.15) is 4.52 Å². The van der Waals surface area contributed by atoms with Crippen LogP contribution in [0.2, 0.25) is 0 Å². The number of fused-ring (bicyclic) bond motifs is 1. The van der Waals surface area contributed by atoms with Gasteiger partial charge in [0.1, 0.15) is 5.03 Å². The Kier molecular flexibility index (Phi) is 2.84. The highest BCUT2D eigenvalue weighted by Gasteiger charge is 2.07. The lowest BCUT2D eigenvalue weighted by Crippen LogP contribution is -1.96. The SMILES string of the molecule is O=C(O)c1ccc(Sc2cncc3nnnn23)cc1. The molecule has 3 rings (SSSR count). The Labute approximate surface area is 111 Å². The van der Waals surface area contributed by atoms with Crippen LogP contribution in [0.5, 0.6) is 0 Å². The summed E-state index contributed by atoms with van der Waals surface area (Å²) in [4.78, 5) is 15.7. The lowest BCUT2D eigenvalue weighted by molar-refractivity contribution is 0.0697. The molecule has 0 amide bonds. The van der Waals surface area contributed by atoms with Gasteiger partial charge in [0.05, 0.1) is 18.0 Å². The van der Waals surface area contributed by atoms with Crippen molar-refractivity contribution in [3.05, 3.63) is 42.2 Å². The van der Waals surface area contributed by atoms with Crippen molar-refractivity contribution in [3.8, 4) is 0 Å². The zero-order valence-electron chi connectivity index (χ0n) is 9.46. The van der Waals surface area contributed by atoms with Crippen LogP contribution in [-0.4, -0.2) is 36.1 Å². The van der Waals surface area contributed by atoms with Crippen molar-refractivity contribution in [2.24, 2.45) is 0 Å². The van der Waals surface area contributed by atoms with Crippen molar-refractivity contribution in [3.63, 3.8) is 0 Å². The lowest BCUT2D eigenvalue weighted by atomic mass is 10.2. The number of aromatic carboxylic acids is 1. The van der Waals surface area contributed by atoms with Crippen molar-refractivity contribution >= 4 is 23.4 Å². The van der Waals surface area contributed by atoms with Gasteiger partial charge in [-0.15, -0.1) is 5.10 Å². The number of carboxylic acids is 1. The second-order valence-corrected chi connectivity index (χ2v) is 4.72. The predicted molar refractivity (Wildman–Crippen MR) is 66.1 cm³/mol. The molecule has 0 bridgehead atoms. The monoisotopic (exact) mass is 273 g/mol. The molecule has 0 radical (unpaired) electrons. The van der Waals surface area contributed by atoms with Gasteiger partial charge in [0.25, 0.3) is 0 Å². The molecule has 0 spiro atoms. The molecule has 0 unspecified atom stereocenters. The van der Waals surface area contributed by atoms with E-state index in [1.54, 1.807) is 41.2 Å². The minimum absolute atomic E-state index is 0.253. The topological polar surface area (TPSA) is 93.3 Å². The Morgan fingerprint density at radius 3 is 2.74 bits per heavy atom. The molecule has 8 heteroatoms. The third kappa shape index (κ3) is 2.25. The molecule has 3 aromatic rings. The van der Waals surface area contributed by atoms with E-state index in [-0.39, 0.29) is 5.56 Å².